The van der Waals surface area contributed by atoms with Crippen molar-refractivity contribution in [3.05, 3.63) is 23.8 Å². The number of aryl methyl sites for hydroxylation is 1. The summed E-state index contributed by atoms with van der Waals surface area (Å²) < 4.78 is 0. The first kappa shape index (κ1) is 5.95. The Hall–Kier alpha value is -1.18. The molecular weight excluding hydrogens is 112 g/mol. The molecule has 2 heteroatoms. The van der Waals surface area contributed by atoms with E-state index in [2.05, 4.69) is 6.07 Å². The van der Waals surface area contributed by atoms with E-state index in [1.54, 1.807) is 12.1 Å². The van der Waals surface area contributed by atoms with Gasteiger partial charge in [0.1, 0.15) is 0 Å². The van der Waals surface area contributed by atoms with Gasteiger partial charge in [0.25, 0.3) is 0 Å². The topological polar surface area (TPSA) is 52.0 Å². The van der Waals surface area contributed by atoms with Gasteiger partial charge in [-0.15, -0.1) is 0 Å². The molecule has 0 aliphatic rings. The highest BCUT2D eigenvalue weighted by Crippen LogP contribution is 2.13. The van der Waals surface area contributed by atoms with Gasteiger partial charge in [0.2, 0.25) is 0 Å². The minimum absolute atomic E-state index is 0.598. The van der Waals surface area contributed by atoms with Crippen LogP contribution in [0.1, 0.15) is 5.56 Å². The van der Waals surface area contributed by atoms with Gasteiger partial charge in [-0.25, -0.2) is 0 Å². The van der Waals surface area contributed by atoms with E-state index in [0.29, 0.717) is 11.4 Å². The highest BCUT2D eigenvalue weighted by atomic mass is 14.7. The molecule has 0 fully saturated rings. The van der Waals surface area contributed by atoms with Crippen molar-refractivity contribution >= 4 is 11.4 Å². The number of hydrogen-bond acceptors (Lipinski definition) is 2. The molecule has 4 N–H and O–H groups in total. The molecule has 0 amide bonds. The van der Waals surface area contributed by atoms with Gasteiger partial charge in [-0.2, -0.15) is 0 Å². The summed E-state index contributed by atoms with van der Waals surface area (Å²) >= 11 is 0. The quantitative estimate of drug-likeness (QED) is 0.502. The first-order chi connectivity index (χ1) is 4.20. The predicted molar refractivity (Wildman–Crippen MR) is 38.8 cm³/mol. The van der Waals surface area contributed by atoms with Gasteiger partial charge in [0.15, 0.2) is 0 Å². The Balaban J connectivity index is 3.17. The lowest BCUT2D eigenvalue weighted by Gasteiger charge is -1.97. The van der Waals surface area contributed by atoms with Gasteiger partial charge in [0, 0.05) is 0 Å². The van der Waals surface area contributed by atoms with E-state index in [1.807, 2.05) is 6.92 Å². The standard InChI is InChI=1S/C7H9N2/c1-5-2-3-6(8)7(9)4-5/h3-4H,8-9H2,1H3. The van der Waals surface area contributed by atoms with Crippen molar-refractivity contribution in [2.24, 2.45) is 0 Å². The van der Waals surface area contributed by atoms with Crippen molar-refractivity contribution in [2.45, 2.75) is 6.92 Å². The first-order valence-corrected chi connectivity index (χ1v) is 2.73. The van der Waals surface area contributed by atoms with Crippen LogP contribution in [0.15, 0.2) is 12.1 Å². The minimum atomic E-state index is 0.598. The van der Waals surface area contributed by atoms with E-state index in [9.17, 15) is 0 Å². The van der Waals surface area contributed by atoms with Crippen LogP contribution in [0.5, 0.6) is 0 Å². The molecule has 0 atom stereocenters. The fourth-order valence-corrected chi connectivity index (χ4v) is 0.633. The lowest BCUT2D eigenvalue weighted by molar-refractivity contribution is 1.46. The highest BCUT2D eigenvalue weighted by Gasteiger charge is 1.91. The van der Waals surface area contributed by atoms with E-state index in [1.165, 1.54) is 0 Å². The molecular formula is C7H9N2. The van der Waals surface area contributed by atoms with Crippen molar-refractivity contribution in [1.82, 2.24) is 0 Å². The summed E-state index contributed by atoms with van der Waals surface area (Å²) in [7, 11) is 0. The lowest BCUT2D eigenvalue weighted by atomic mass is 10.2. The monoisotopic (exact) mass is 121 g/mol. The molecule has 1 aromatic carbocycles. The molecule has 0 unspecified atom stereocenters. The largest absolute Gasteiger partial charge is 0.397 e. The van der Waals surface area contributed by atoms with Gasteiger partial charge in [-0.05, 0) is 30.7 Å². The summed E-state index contributed by atoms with van der Waals surface area (Å²) in [5.74, 6) is 0. The van der Waals surface area contributed by atoms with E-state index >= 15 is 0 Å². The van der Waals surface area contributed by atoms with E-state index < -0.39 is 0 Å². The molecule has 9 heavy (non-hydrogen) atoms. The summed E-state index contributed by atoms with van der Waals surface area (Å²) in [6.45, 7) is 1.93. The zero-order chi connectivity index (χ0) is 6.85. The van der Waals surface area contributed by atoms with E-state index in [4.69, 9.17) is 11.5 Å². The van der Waals surface area contributed by atoms with Crippen LogP contribution in [-0.4, -0.2) is 0 Å². The fourth-order valence-electron chi connectivity index (χ4n) is 0.633. The van der Waals surface area contributed by atoms with Gasteiger partial charge in [-0.1, -0.05) is 0 Å². The average Bonchev–Trinajstić information content (AvgIpc) is 1.80. The minimum Gasteiger partial charge on any atom is -0.397 e. The van der Waals surface area contributed by atoms with Crippen molar-refractivity contribution in [1.29, 1.82) is 0 Å². The van der Waals surface area contributed by atoms with Crippen LogP contribution in [0.2, 0.25) is 0 Å². The molecule has 1 radical (unpaired) electrons. The lowest BCUT2D eigenvalue weighted by Crippen LogP contribution is -1.93. The molecule has 1 aromatic rings. The molecule has 0 spiro atoms. The Morgan fingerprint density at radius 1 is 1.33 bits per heavy atom. The van der Waals surface area contributed by atoms with Gasteiger partial charge < -0.3 is 11.5 Å². The normalized spacial score (nSPS) is 9.44. The Morgan fingerprint density at radius 2 is 2.00 bits per heavy atom. The van der Waals surface area contributed by atoms with Gasteiger partial charge >= 0.3 is 0 Å². The van der Waals surface area contributed by atoms with Crippen molar-refractivity contribution in [3.8, 4) is 0 Å². The molecule has 0 saturated heterocycles. The second-order valence-corrected chi connectivity index (χ2v) is 2.03. The van der Waals surface area contributed by atoms with E-state index in [0.717, 1.165) is 5.56 Å². The summed E-state index contributed by atoms with van der Waals surface area (Å²) in [6, 6.07) is 6.42. The zero-order valence-electron chi connectivity index (χ0n) is 5.31. The van der Waals surface area contributed by atoms with Crippen molar-refractivity contribution in [3.63, 3.8) is 0 Å². The van der Waals surface area contributed by atoms with Gasteiger partial charge in [0.05, 0.1) is 11.4 Å². The van der Waals surface area contributed by atoms with E-state index in [-0.39, 0.29) is 0 Å². The van der Waals surface area contributed by atoms with Gasteiger partial charge in [-0.3, -0.25) is 0 Å². The molecule has 0 bridgehead atoms. The Labute approximate surface area is 54.5 Å². The molecule has 0 aliphatic heterocycles. The maximum Gasteiger partial charge on any atom is 0.0554 e. The highest BCUT2D eigenvalue weighted by molar-refractivity contribution is 5.63. The summed E-state index contributed by atoms with van der Waals surface area (Å²) in [6.07, 6.45) is 0. The maximum absolute atomic E-state index is 5.48. The van der Waals surface area contributed by atoms with Crippen LogP contribution in [-0.2, 0) is 0 Å². The Morgan fingerprint density at radius 3 is 2.44 bits per heavy atom. The predicted octanol–water partition coefficient (Wildman–Crippen LogP) is 0.960. The fraction of sp³-hybridized carbons (Fsp3) is 0.143. The average molecular weight is 121 g/mol. The molecule has 0 saturated carbocycles. The number of benzene rings is 1. The third kappa shape index (κ3) is 1.13. The number of hydrogen-bond donors (Lipinski definition) is 2. The van der Waals surface area contributed by atoms with Crippen LogP contribution in [0.4, 0.5) is 11.4 Å². The summed E-state index contributed by atoms with van der Waals surface area (Å²) in [5.41, 5.74) is 13.2. The van der Waals surface area contributed by atoms with Crippen molar-refractivity contribution < 1.29 is 0 Å². The number of nitrogen functional groups attached to an aromatic ring is 2. The van der Waals surface area contributed by atoms with Crippen LogP contribution < -0.4 is 11.5 Å². The van der Waals surface area contributed by atoms with Crippen LogP contribution in [0.25, 0.3) is 0 Å². The smallest absolute Gasteiger partial charge is 0.0554 e. The van der Waals surface area contributed by atoms with Crippen LogP contribution in [0, 0.1) is 13.0 Å². The third-order valence-electron chi connectivity index (χ3n) is 1.16. The number of nitrogens with two attached hydrogens (primary N) is 2. The molecule has 0 aliphatic carbocycles. The SMILES string of the molecule is Cc1[c]cc(N)c(N)c1. The molecule has 47 valence electrons. The maximum atomic E-state index is 5.48. The first-order valence-electron chi connectivity index (χ1n) is 2.73. The summed E-state index contributed by atoms with van der Waals surface area (Å²) in [5, 5.41) is 0. The number of rotatable bonds is 0. The zero-order valence-corrected chi connectivity index (χ0v) is 5.31. The molecule has 1 rings (SSSR count). The Kier molecular flexibility index (Phi) is 1.30. The Bertz CT molecular complexity index is 218. The molecule has 2 nitrogen and oxygen atoms in total. The second kappa shape index (κ2) is 1.97. The third-order valence-corrected chi connectivity index (χ3v) is 1.16. The second-order valence-electron chi connectivity index (χ2n) is 2.03. The van der Waals surface area contributed by atoms with Crippen LogP contribution >= 0.6 is 0 Å². The summed E-state index contributed by atoms with van der Waals surface area (Å²) in [4.78, 5) is 0. The molecule has 0 heterocycles. The van der Waals surface area contributed by atoms with Crippen molar-refractivity contribution in [2.75, 3.05) is 11.5 Å². The molecule has 0 aromatic heterocycles. The van der Waals surface area contributed by atoms with Crippen LogP contribution in [0.3, 0.4) is 0 Å². The number of anilines is 2.